The van der Waals surface area contributed by atoms with Crippen LogP contribution in [-0.2, 0) is 0 Å². The van der Waals surface area contributed by atoms with Crippen LogP contribution in [0, 0.1) is 20.8 Å². The molecule has 0 aliphatic heterocycles. The SMILES string of the molecule is COc1c(C)c(C)cc(C)c1C(=O)S. The van der Waals surface area contributed by atoms with E-state index in [-0.39, 0.29) is 5.12 Å². The summed E-state index contributed by atoms with van der Waals surface area (Å²) in [6.07, 6.45) is 0. The summed E-state index contributed by atoms with van der Waals surface area (Å²) in [6.45, 7) is 5.82. The summed E-state index contributed by atoms with van der Waals surface area (Å²) in [7, 11) is 1.57. The summed E-state index contributed by atoms with van der Waals surface area (Å²) in [6, 6.07) is 1.97. The van der Waals surface area contributed by atoms with E-state index in [1.165, 1.54) is 0 Å². The highest BCUT2D eigenvalue weighted by molar-refractivity contribution is 7.97. The molecule has 3 heteroatoms. The molecule has 1 rings (SSSR count). The van der Waals surface area contributed by atoms with E-state index in [2.05, 4.69) is 12.6 Å². The standard InChI is InChI=1S/C11H14O2S/c1-6-5-7(2)9(11(12)14)10(13-4)8(6)3/h5H,1-4H3,(H,12,14). The topological polar surface area (TPSA) is 26.3 Å². The van der Waals surface area contributed by atoms with Crippen molar-refractivity contribution in [2.45, 2.75) is 20.8 Å². The molecule has 0 heterocycles. The molecule has 0 saturated heterocycles. The van der Waals surface area contributed by atoms with Crippen molar-refractivity contribution in [3.63, 3.8) is 0 Å². The molecule has 14 heavy (non-hydrogen) atoms. The zero-order valence-corrected chi connectivity index (χ0v) is 9.74. The van der Waals surface area contributed by atoms with Crippen LogP contribution in [0.15, 0.2) is 6.07 Å². The number of carbonyl (C=O) groups excluding carboxylic acids is 1. The maximum Gasteiger partial charge on any atom is 0.220 e. The van der Waals surface area contributed by atoms with Gasteiger partial charge in [-0.05, 0) is 37.5 Å². The highest BCUT2D eigenvalue weighted by Crippen LogP contribution is 2.30. The van der Waals surface area contributed by atoms with Crippen molar-refractivity contribution < 1.29 is 9.53 Å². The Morgan fingerprint density at radius 1 is 1.29 bits per heavy atom. The Morgan fingerprint density at radius 2 is 1.86 bits per heavy atom. The molecule has 0 N–H and O–H groups in total. The number of benzene rings is 1. The van der Waals surface area contributed by atoms with Crippen LogP contribution in [0.25, 0.3) is 0 Å². The van der Waals surface area contributed by atoms with Gasteiger partial charge in [-0.25, -0.2) is 0 Å². The number of methoxy groups -OCH3 is 1. The lowest BCUT2D eigenvalue weighted by molar-refractivity contribution is 0.108. The van der Waals surface area contributed by atoms with Crippen LogP contribution in [0.4, 0.5) is 0 Å². The second-order valence-corrected chi connectivity index (χ2v) is 3.75. The van der Waals surface area contributed by atoms with E-state index in [9.17, 15) is 4.79 Å². The number of hydrogen-bond acceptors (Lipinski definition) is 2. The number of rotatable bonds is 2. The Hall–Kier alpha value is -0.960. The van der Waals surface area contributed by atoms with Gasteiger partial charge in [-0.15, -0.1) is 12.6 Å². The first kappa shape index (κ1) is 11.1. The van der Waals surface area contributed by atoms with E-state index in [1.54, 1.807) is 7.11 Å². The van der Waals surface area contributed by atoms with Crippen LogP contribution < -0.4 is 4.74 Å². The Kier molecular flexibility index (Phi) is 3.21. The monoisotopic (exact) mass is 210 g/mol. The summed E-state index contributed by atoms with van der Waals surface area (Å²) in [5, 5.41) is -0.248. The Bertz CT molecular complexity index is 383. The molecule has 0 amide bonds. The van der Waals surface area contributed by atoms with E-state index >= 15 is 0 Å². The molecule has 2 nitrogen and oxygen atoms in total. The first-order valence-corrected chi connectivity index (χ1v) is 4.81. The maximum absolute atomic E-state index is 11.3. The van der Waals surface area contributed by atoms with E-state index in [4.69, 9.17) is 4.74 Å². The number of hydrogen-bond donors (Lipinski definition) is 1. The van der Waals surface area contributed by atoms with Gasteiger partial charge in [0, 0.05) is 0 Å². The third-order valence-electron chi connectivity index (χ3n) is 2.40. The third kappa shape index (κ3) is 1.77. The van der Waals surface area contributed by atoms with Gasteiger partial charge in [-0.2, -0.15) is 0 Å². The Balaban J connectivity index is 3.55. The molecule has 0 aliphatic carbocycles. The van der Waals surface area contributed by atoms with Crippen LogP contribution in [-0.4, -0.2) is 12.2 Å². The van der Waals surface area contributed by atoms with Gasteiger partial charge < -0.3 is 4.74 Å². The average Bonchev–Trinajstić information content (AvgIpc) is 2.09. The highest BCUT2D eigenvalue weighted by Gasteiger charge is 2.15. The van der Waals surface area contributed by atoms with Crippen LogP contribution in [0.1, 0.15) is 27.0 Å². The molecule has 0 aliphatic rings. The molecule has 0 atom stereocenters. The zero-order valence-electron chi connectivity index (χ0n) is 8.84. The average molecular weight is 210 g/mol. The fourth-order valence-corrected chi connectivity index (χ4v) is 1.85. The third-order valence-corrected chi connectivity index (χ3v) is 2.63. The van der Waals surface area contributed by atoms with Crippen molar-refractivity contribution in [1.29, 1.82) is 0 Å². The van der Waals surface area contributed by atoms with Crippen LogP contribution in [0.3, 0.4) is 0 Å². The molecule has 0 spiro atoms. The normalized spacial score (nSPS) is 10.1. The lowest BCUT2D eigenvalue weighted by Crippen LogP contribution is -2.02. The van der Waals surface area contributed by atoms with Gasteiger partial charge >= 0.3 is 0 Å². The molecule has 0 fully saturated rings. The predicted octanol–water partition coefficient (Wildman–Crippen LogP) is 2.69. The first-order valence-electron chi connectivity index (χ1n) is 4.37. The van der Waals surface area contributed by atoms with E-state index in [0.717, 1.165) is 16.7 Å². The van der Waals surface area contributed by atoms with Crippen molar-refractivity contribution in [2.75, 3.05) is 7.11 Å². The van der Waals surface area contributed by atoms with Crippen molar-refractivity contribution in [3.05, 3.63) is 28.3 Å². The minimum atomic E-state index is -0.248. The molecule has 0 bridgehead atoms. The second kappa shape index (κ2) is 4.05. The van der Waals surface area contributed by atoms with E-state index < -0.39 is 0 Å². The highest BCUT2D eigenvalue weighted by atomic mass is 32.1. The first-order chi connectivity index (χ1) is 6.49. The lowest BCUT2D eigenvalue weighted by Gasteiger charge is -2.13. The molecular formula is C11H14O2S. The fraction of sp³-hybridized carbons (Fsp3) is 0.364. The number of ether oxygens (including phenoxy) is 1. The van der Waals surface area contributed by atoms with E-state index in [1.807, 2.05) is 26.8 Å². The summed E-state index contributed by atoms with van der Waals surface area (Å²) >= 11 is 3.84. The lowest BCUT2D eigenvalue weighted by atomic mass is 10.00. The Labute approximate surface area is 89.7 Å². The second-order valence-electron chi connectivity index (χ2n) is 3.35. The van der Waals surface area contributed by atoms with Crippen molar-refractivity contribution >= 4 is 17.7 Å². The van der Waals surface area contributed by atoms with Crippen LogP contribution >= 0.6 is 12.6 Å². The Morgan fingerprint density at radius 3 is 2.29 bits per heavy atom. The zero-order chi connectivity index (χ0) is 10.9. The number of carbonyl (C=O) groups is 1. The molecule has 1 aromatic carbocycles. The van der Waals surface area contributed by atoms with Gasteiger partial charge in [0.2, 0.25) is 5.12 Å². The number of thiol groups is 1. The van der Waals surface area contributed by atoms with Gasteiger partial charge in [-0.1, -0.05) is 6.07 Å². The van der Waals surface area contributed by atoms with Crippen molar-refractivity contribution in [1.82, 2.24) is 0 Å². The molecule has 1 aromatic rings. The summed E-state index contributed by atoms with van der Waals surface area (Å²) in [5.74, 6) is 0.641. The van der Waals surface area contributed by atoms with Gasteiger partial charge in [-0.3, -0.25) is 4.79 Å². The molecule has 76 valence electrons. The molecular weight excluding hydrogens is 196 g/mol. The smallest absolute Gasteiger partial charge is 0.220 e. The van der Waals surface area contributed by atoms with Crippen LogP contribution in [0.2, 0.25) is 0 Å². The quantitative estimate of drug-likeness (QED) is 0.760. The van der Waals surface area contributed by atoms with Gasteiger partial charge in [0.1, 0.15) is 5.75 Å². The van der Waals surface area contributed by atoms with Crippen LogP contribution in [0.5, 0.6) is 5.75 Å². The minimum absolute atomic E-state index is 0.248. The summed E-state index contributed by atoms with van der Waals surface area (Å²) in [5.41, 5.74) is 3.59. The number of aryl methyl sites for hydroxylation is 2. The molecule has 0 saturated carbocycles. The van der Waals surface area contributed by atoms with E-state index in [0.29, 0.717) is 11.3 Å². The summed E-state index contributed by atoms with van der Waals surface area (Å²) in [4.78, 5) is 11.3. The van der Waals surface area contributed by atoms with Crippen molar-refractivity contribution in [3.8, 4) is 5.75 Å². The predicted molar refractivity (Wildman–Crippen MR) is 60.5 cm³/mol. The fourth-order valence-electron chi connectivity index (χ4n) is 1.57. The molecule has 0 unspecified atom stereocenters. The maximum atomic E-state index is 11.3. The largest absolute Gasteiger partial charge is 0.496 e. The molecule has 0 aromatic heterocycles. The molecule has 0 radical (unpaired) electrons. The van der Waals surface area contributed by atoms with Gasteiger partial charge in [0.05, 0.1) is 12.7 Å². The minimum Gasteiger partial charge on any atom is -0.496 e. The van der Waals surface area contributed by atoms with Gasteiger partial charge in [0.25, 0.3) is 0 Å². The van der Waals surface area contributed by atoms with Crippen molar-refractivity contribution in [2.24, 2.45) is 0 Å². The van der Waals surface area contributed by atoms with Gasteiger partial charge in [0.15, 0.2) is 0 Å². The summed E-state index contributed by atoms with van der Waals surface area (Å²) < 4.78 is 5.23.